The molecular weight excluding hydrogens is 314 g/mol. The van der Waals surface area contributed by atoms with E-state index in [1.807, 2.05) is 6.07 Å². The van der Waals surface area contributed by atoms with Crippen molar-refractivity contribution < 1.29 is 11.4 Å². The van der Waals surface area contributed by atoms with Crippen LogP contribution in [-0.4, -0.2) is 29.1 Å². The molecule has 0 saturated carbocycles. The minimum absolute atomic E-state index is 0.0204. The van der Waals surface area contributed by atoms with Crippen LogP contribution in [0.1, 0.15) is 21.6 Å². The van der Waals surface area contributed by atoms with E-state index in [0.29, 0.717) is 10.4 Å². The van der Waals surface area contributed by atoms with E-state index in [9.17, 15) is 8.63 Å². The summed E-state index contributed by atoms with van der Waals surface area (Å²) in [5.74, 6) is 0. The number of rotatable bonds is 8. The number of hydrogen-bond donors (Lipinski definition) is 0. The number of alkyl halides is 2. The van der Waals surface area contributed by atoms with Gasteiger partial charge in [-0.05, 0) is 18.9 Å². The van der Waals surface area contributed by atoms with Gasteiger partial charge >= 0.3 is 7.40 Å². The summed E-state index contributed by atoms with van der Waals surface area (Å²) >= 11 is 12.0. The van der Waals surface area contributed by atoms with E-state index in [4.69, 9.17) is 25.9 Å². The Morgan fingerprint density at radius 1 is 1.43 bits per heavy atom. The lowest BCUT2D eigenvalue weighted by atomic mass is 10.00. The zero-order valence-electron chi connectivity index (χ0n) is 13.6. The monoisotopic (exact) mass is 333 g/mol. The van der Waals surface area contributed by atoms with Gasteiger partial charge < -0.3 is 0 Å². The molecule has 1 aromatic carbocycles. The second kappa shape index (κ2) is 8.57. The molecule has 0 radical (unpaired) electrons. The molecule has 6 heteroatoms. The molecule has 1 rings (SSSR count). The predicted molar refractivity (Wildman–Crippen MR) is 88.9 cm³/mol. The minimum atomic E-state index is -3.08. The lowest BCUT2D eigenvalue weighted by Gasteiger charge is -2.34. The molecule has 1 atom stereocenters. The van der Waals surface area contributed by atoms with Crippen molar-refractivity contribution >= 4 is 36.7 Å². The molecule has 1 unspecified atom stereocenters. The Bertz CT molecular complexity index is 536. The number of halogens is 4. The van der Waals surface area contributed by atoms with Gasteiger partial charge in [-0.15, -0.1) is 29.8 Å². The quantitative estimate of drug-likeness (QED) is 0.365. The van der Waals surface area contributed by atoms with Gasteiger partial charge in [-0.3, -0.25) is 13.4 Å². The maximum Gasteiger partial charge on any atom is 0.637 e. The molecular formula is C15H18BCl2F2N. The first-order valence-corrected chi connectivity index (χ1v) is 7.15. The smallest absolute Gasteiger partial charge is 0.273 e. The van der Waals surface area contributed by atoms with Gasteiger partial charge in [-0.1, -0.05) is 48.6 Å². The Labute approximate surface area is 138 Å². The highest BCUT2D eigenvalue weighted by atomic mass is 35.5. The lowest BCUT2D eigenvalue weighted by Crippen LogP contribution is -2.49. The first kappa shape index (κ1) is 15.1. The zero-order chi connectivity index (χ0) is 17.7. The maximum absolute atomic E-state index is 13.5. The molecule has 0 aromatic heterocycles. The summed E-state index contributed by atoms with van der Waals surface area (Å²) in [7, 11) is -3.08. The summed E-state index contributed by atoms with van der Waals surface area (Å²) in [4.78, 5) is 0.369. The van der Waals surface area contributed by atoms with Gasteiger partial charge in [0.25, 0.3) is 0 Å². The van der Waals surface area contributed by atoms with Gasteiger partial charge in [0.05, 0.1) is 0 Å². The second-order valence-electron chi connectivity index (χ2n) is 4.55. The summed E-state index contributed by atoms with van der Waals surface area (Å²) in [5, 5.41) is 0. The van der Waals surface area contributed by atoms with Crippen molar-refractivity contribution in [1.29, 1.82) is 0 Å². The van der Waals surface area contributed by atoms with Crippen LogP contribution in [0.3, 0.4) is 0 Å². The summed E-state index contributed by atoms with van der Waals surface area (Å²) in [5.41, 5.74) is 0.699. The van der Waals surface area contributed by atoms with E-state index < -0.39 is 24.3 Å². The van der Waals surface area contributed by atoms with Gasteiger partial charge in [0.1, 0.15) is 4.33 Å². The Hall–Kier alpha value is -0.835. The fraction of sp³-hybridized carbons (Fsp3) is 0.333. The molecule has 1 nitrogen and oxygen atoms in total. The van der Waals surface area contributed by atoms with E-state index in [2.05, 4.69) is 6.58 Å². The van der Waals surface area contributed by atoms with Crippen molar-refractivity contribution in [3.63, 3.8) is 0 Å². The molecule has 0 saturated heterocycles. The van der Waals surface area contributed by atoms with Crippen LogP contribution >= 0.6 is 23.2 Å². The minimum Gasteiger partial charge on any atom is -0.273 e. The normalized spacial score (nSPS) is 15.7. The Morgan fingerprint density at radius 2 is 2.05 bits per heavy atom. The molecule has 0 fully saturated rings. The van der Waals surface area contributed by atoms with Crippen LogP contribution < -0.4 is 0 Å². The summed E-state index contributed by atoms with van der Waals surface area (Å²) in [6.45, 7) is 2.42. The van der Waals surface area contributed by atoms with E-state index in [1.54, 1.807) is 24.3 Å². The zero-order valence-corrected chi connectivity index (χ0v) is 13.2. The molecule has 0 aliphatic carbocycles. The molecule has 21 heavy (non-hydrogen) atoms. The SMILES string of the molecule is [2H]C([2H])(/C=C/c1ccccc1)N(B(F)F)C(CC=C)C(C)(Cl)Cl. The van der Waals surface area contributed by atoms with E-state index >= 15 is 0 Å². The van der Waals surface area contributed by atoms with Crippen LogP contribution in [0.2, 0.25) is 0 Å². The van der Waals surface area contributed by atoms with Crippen LogP contribution in [0.4, 0.5) is 8.63 Å². The summed E-state index contributed by atoms with van der Waals surface area (Å²) in [6.07, 6.45) is 3.93. The van der Waals surface area contributed by atoms with Gasteiger partial charge in [-0.25, -0.2) is 0 Å². The topological polar surface area (TPSA) is 3.24 Å². The molecule has 0 amide bonds. The van der Waals surface area contributed by atoms with Crippen molar-refractivity contribution in [2.24, 2.45) is 0 Å². The summed E-state index contributed by atoms with van der Waals surface area (Å²) in [6, 6.07) is 7.70. The molecule has 0 bridgehead atoms. The molecule has 114 valence electrons. The van der Waals surface area contributed by atoms with Crippen molar-refractivity contribution in [3.8, 4) is 0 Å². The molecule has 0 N–H and O–H groups in total. The Balaban J connectivity index is 3.15. The van der Waals surface area contributed by atoms with Crippen LogP contribution in [0.25, 0.3) is 6.08 Å². The Morgan fingerprint density at radius 3 is 2.52 bits per heavy atom. The number of hydrogen-bond acceptors (Lipinski definition) is 1. The highest BCUT2D eigenvalue weighted by molar-refractivity contribution is 6.49. The number of nitrogens with zero attached hydrogens (tertiary/aromatic N) is 1. The molecule has 0 aliphatic heterocycles. The van der Waals surface area contributed by atoms with Crippen LogP contribution in [-0.2, 0) is 0 Å². The second-order valence-corrected chi connectivity index (χ2v) is 6.32. The number of benzene rings is 1. The molecule has 0 spiro atoms. The Kier molecular flexibility index (Phi) is 6.15. The van der Waals surface area contributed by atoms with E-state index in [0.717, 1.165) is 6.08 Å². The standard InChI is InChI=1S/C15H18BCl2F2N/c1-3-8-14(15(2,17)18)21(16(19)20)12-7-11-13-9-5-4-6-10-13/h3-7,9-11,14H,1,8,12H2,2H3/b11-7+/i12D2. The fourth-order valence-corrected chi connectivity index (χ4v) is 2.18. The van der Waals surface area contributed by atoms with Crippen molar-refractivity contribution in [2.75, 3.05) is 6.50 Å². The highest BCUT2D eigenvalue weighted by Gasteiger charge is 2.40. The van der Waals surface area contributed by atoms with Crippen molar-refractivity contribution in [3.05, 3.63) is 54.6 Å². The van der Waals surface area contributed by atoms with Crippen LogP contribution in [0, 0.1) is 0 Å². The van der Waals surface area contributed by atoms with Crippen LogP contribution in [0.15, 0.2) is 49.1 Å². The maximum atomic E-state index is 13.5. The third-order valence-corrected chi connectivity index (χ3v) is 3.32. The van der Waals surface area contributed by atoms with Gasteiger partial charge in [0, 0.05) is 15.3 Å². The van der Waals surface area contributed by atoms with Crippen molar-refractivity contribution in [1.82, 2.24) is 4.81 Å². The average molecular weight is 334 g/mol. The lowest BCUT2D eigenvalue weighted by molar-refractivity contribution is 0.284. The van der Waals surface area contributed by atoms with E-state index in [-0.39, 0.29) is 6.42 Å². The first-order chi connectivity index (χ1) is 10.6. The summed E-state index contributed by atoms with van der Waals surface area (Å²) < 4.78 is 41.5. The predicted octanol–water partition coefficient (Wildman–Crippen LogP) is 5.06. The third-order valence-electron chi connectivity index (χ3n) is 2.82. The van der Waals surface area contributed by atoms with Crippen LogP contribution in [0.5, 0.6) is 0 Å². The highest BCUT2D eigenvalue weighted by Crippen LogP contribution is 2.31. The van der Waals surface area contributed by atoms with Gasteiger partial charge in [0.2, 0.25) is 0 Å². The van der Waals surface area contributed by atoms with Gasteiger partial charge in [0.15, 0.2) is 0 Å². The average Bonchev–Trinajstić information content (AvgIpc) is 2.44. The first-order valence-electron chi connectivity index (χ1n) is 7.39. The van der Waals surface area contributed by atoms with E-state index in [1.165, 1.54) is 19.1 Å². The third kappa shape index (κ3) is 6.21. The molecule has 0 aliphatic rings. The fourth-order valence-electron chi connectivity index (χ4n) is 1.79. The molecule has 0 heterocycles. The molecule has 1 aromatic rings. The largest absolute Gasteiger partial charge is 0.637 e. The van der Waals surface area contributed by atoms with Gasteiger partial charge in [-0.2, -0.15) is 0 Å². The van der Waals surface area contributed by atoms with Crippen molar-refractivity contribution in [2.45, 2.75) is 23.7 Å².